The highest BCUT2D eigenvalue weighted by molar-refractivity contribution is 8.13. The number of amides is 1. The molecule has 19 heavy (non-hydrogen) atoms. The van der Waals surface area contributed by atoms with Crippen molar-refractivity contribution in [1.29, 1.82) is 0 Å². The Balaban J connectivity index is 2.65. The van der Waals surface area contributed by atoms with Gasteiger partial charge >= 0.3 is 0 Å². The minimum Gasteiger partial charge on any atom is -0.377 e. The normalized spacial score (nSPS) is 11.8. The van der Waals surface area contributed by atoms with Crippen LogP contribution >= 0.6 is 10.7 Å². The topological polar surface area (TPSA) is 77.4 Å². The summed E-state index contributed by atoms with van der Waals surface area (Å²) >= 11 is 0. The number of nitrogens with zero attached hydrogens (tertiary/aromatic N) is 1. The molecule has 0 saturated carbocycles. The number of aryl methyl sites for hydroxylation is 1. The van der Waals surface area contributed by atoms with E-state index in [4.69, 9.17) is 15.4 Å². The Hall–Kier alpha value is -1.05. The van der Waals surface area contributed by atoms with E-state index in [9.17, 15) is 13.2 Å². The predicted octanol–water partition coefficient (Wildman–Crippen LogP) is 1.11. The molecule has 0 atom stereocenters. The minimum atomic E-state index is -3.83. The van der Waals surface area contributed by atoms with E-state index < -0.39 is 9.05 Å². The molecule has 1 amide bonds. The molecule has 0 unspecified atom stereocenters. The first-order valence-electron chi connectivity index (χ1n) is 5.72. The monoisotopic (exact) mass is 308 g/mol. The van der Waals surface area contributed by atoms with E-state index in [1.54, 1.807) is 7.05 Å². The van der Waals surface area contributed by atoms with Crippen molar-refractivity contribution in [3.8, 4) is 0 Å². The maximum Gasteiger partial charge on any atom is 0.268 e. The summed E-state index contributed by atoms with van der Waals surface area (Å²) in [6, 6.07) is 1.24. The zero-order chi connectivity index (χ0) is 14.6. The molecule has 0 aromatic carbocycles. The van der Waals surface area contributed by atoms with Gasteiger partial charge in [0.25, 0.3) is 15.0 Å². The molecule has 1 rings (SSSR count). The fraction of sp³-hybridized carbons (Fsp3) is 0.545. The number of nitrogens with one attached hydrogen (secondary N) is 1. The van der Waals surface area contributed by atoms with E-state index in [0.29, 0.717) is 13.2 Å². The Kier molecular flexibility index (Phi) is 5.39. The first kappa shape index (κ1) is 16.0. The van der Waals surface area contributed by atoms with Crippen LogP contribution < -0.4 is 5.32 Å². The molecule has 0 spiro atoms. The molecule has 1 heterocycles. The summed E-state index contributed by atoms with van der Waals surface area (Å²) in [5.74, 6) is -0.374. The van der Waals surface area contributed by atoms with Gasteiger partial charge in [-0.3, -0.25) is 4.79 Å². The first-order valence-corrected chi connectivity index (χ1v) is 8.03. The second kappa shape index (κ2) is 6.40. The van der Waals surface area contributed by atoms with Crippen LogP contribution in [0.4, 0.5) is 0 Å². The maximum atomic E-state index is 11.8. The molecule has 1 aromatic rings. The number of carbonyl (C=O) groups excluding carboxylic acids is 1. The van der Waals surface area contributed by atoms with Crippen molar-refractivity contribution in [2.75, 3.05) is 13.2 Å². The van der Waals surface area contributed by atoms with Crippen LogP contribution in [0.15, 0.2) is 17.2 Å². The Morgan fingerprint density at radius 3 is 2.63 bits per heavy atom. The van der Waals surface area contributed by atoms with Gasteiger partial charge in [0, 0.05) is 30.5 Å². The van der Waals surface area contributed by atoms with Gasteiger partial charge in [-0.25, -0.2) is 8.42 Å². The molecule has 0 saturated heterocycles. The molecule has 0 bridgehead atoms. The lowest BCUT2D eigenvalue weighted by molar-refractivity contribution is 0.0743. The number of hydrogen-bond donors (Lipinski definition) is 1. The van der Waals surface area contributed by atoms with Crippen LogP contribution in [0.25, 0.3) is 0 Å². The molecule has 6 nitrogen and oxygen atoms in total. The molecule has 0 aliphatic heterocycles. The van der Waals surface area contributed by atoms with E-state index in [1.165, 1.54) is 16.8 Å². The first-order chi connectivity index (χ1) is 8.71. The third-order valence-electron chi connectivity index (χ3n) is 2.33. The summed E-state index contributed by atoms with van der Waals surface area (Å²) in [6.07, 6.45) is 1.39. The molecule has 108 valence electrons. The van der Waals surface area contributed by atoms with Crippen molar-refractivity contribution in [1.82, 2.24) is 9.88 Å². The lowest BCUT2D eigenvalue weighted by Crippen LogP contribution is -2.29. The van der Waals surface area contributed by atoms with Gasteiger partial charge in [-0.15, -0.1) is 0 Å². The van der Waals surface area contributed by atoms with E-state index in [-0.39, 0.29) is 22.6 Å². The highest BCUT2D eigenvalue weighted by Gasteiger charge is 2.18. The van der Waals surface area contributed by atoms with Gasteiger partial charge in [0.2, 0.25) is 0 Å². The Labute approximate surface area is 117 Å². The van der Waals surface area contributed by atoms with Crippen LogP contribution in [-0.4, -0.2) is 38.1 Å². The Morgan fingerprint density at radius 2 is 2.16 bits per heavy atom. The average molecular weight is 309 g/mol. The van der Waals surface area contributed by atoms with Crippen molar-refractivity contribution in [2.24, 2.45) is 7.05 Å². The van der Waals surface area contributed by atoms with E-state index in [2.05, 4.69) is 5.32 Å². The molecular weight excluding hydrogens is 292 g/mol. The van der Waals surface area contributed by atoms with Crippen LogP contribution in [0.5, 0.6) is 0 Å². The lowest BCUT2D eigenvalue weighted by atomic mass is 10.4. The number of aromatic nitrogens is 1. The van der Waals surface area contributed by atoms with Gasteiger partial charge in [0.1, 0.15) is 10.6 Å². The van der Waals surface area contributed by atoms with Crippen LogP contribution in [0, 0.1) is 0 Å². The second-order valence-electron chi connectivity index (χ2n) is 4.29. The summed E-state index contributed by atoms with van der Waals surface area (Å²) in [5.41, 5.74) is 0.226. The van der Waals surface area contributed by atoms with Crippen molar-refractivity contribution in [2.45, 2.75) is 24.8 Å². The van der Waals surface area contributed by atoms with Crippen molar-refractivity contribution >= 4 is 25.6 Å². The minimum absolute atomic E-state index is 0.0970. The number of rotatable bonds is 6. The number of carbonyl (C=O) groups is 1. The molecule has 1 aromatic heterocycles. The smallest absolute Gasteiger partial charge is 0.268 e. The number of hydrogen-bond acceptors (Lipinski definition) is 4. The van der Waals surface area contributed by atoms with Crippen molar-refractivity contribution < 1.29 is 17.9 Å². The van der Waals surface area contributed by atoms with Crippen LogP contribution in [0.2, 0.25) is 0 Å². The maximum absolute atomic E-state index is 11.8. The molecule has 1 N–H and O–H groups in total. The number of halogens is 1. The molecule has 8 heteroatoms. The zero-order valence-corrected chi connectivity index (χ0v) is 12.6. The predicted molar refractivity (Wildman–Crippen MR) is 71.9 cm³/mol. The zero-order valence-electron chi connectivity index (χ0n) is 11.0. The summed E-state index contributed by atoms with van der Waals surface area (Å²) < 4.78 is 29.0. The summed E-state index contributed by atoms with van der Waals surface area (Å²) in [4.78, 5) is 11.7. The largest absolute Gasteiger partial charge is 0.377 e. The highest BCUT2D eigenvalue weighted by atomic mass is 35.7. The third-order valence-corrected chi connectivity index (χ3v) is 3.65. The van der Waals surface area contributed by atoms with Gasteiger partial charge in [-0.2, -0.15) is 0 Å². The fourth-order valence-electron chi connectivity index (χ4n) is 1.44. The third kappa shape index (κ3) is 4.85. The van der Waals surface area contributed by atoms with E-state index in [0.717, 1.165) is 0 Å². The van der Waals surface area contributed by atoms with E-state index >= 15 is 0 Å². The van der Waals surface area contributed by atoms with Gasteiger partial charge in [-0.1, -0.05) is 0 Å². The SMILES string of the molecule is CC(C)OCCNC(=O)c1cc(S(=O)(=O)Cl)cn1C. The molecule has 0 fully saturated rings. The van der Waals surface area contributed by atoms with Crippen LogP contribution in [0.1, 0.15) is 24.3 Å². The molecule has 0 aliphatic carbocycles. The highest BCUT2D eigenvalue weighted by Crippen LogP contribution is 2.17. The lowest BCUT2D eigenvalue weighted by Gasteiger charge is -2.08. The van der Waals surface area contributed by atoms with E-state index in [1.807, 2.05) is 13.8 Å². The Morgan fingerprint density at radius 1 is 1.53 bits per heavy atom. The quantitative estimate of drug-likeness (QED) is 0.631. The van der Waals surface area contributed by atoms with Crippen LogP contribution in [0.3, 0.4) is 0 Å². The van der Waals surface area contributed by atoms with Gasteiger partial charge < -0.3 is 14.6 Å². The van der Waals surface area contributed by atoms with Gasteiger partial charge in [0.05, 0.1) is 12.7 Å². The van der Waals surface area contributed by atoms with Gasteiger partial charge in [0.15, 0.2) is 0 Å². The van der Waals surface area contributed by atoms with Gasteiger partial charge in [-0.05, 0) is 19.9 Å². The molecule has 0 radical (unpaired) electrons. The second-order valence-corrected chi connectivity index (χ2v) is 6.85. The summed E-state index contributed by atoms with van der Waals surface area (Å²) in [6.45, 7) is 4.55. The summed E-state index contributed by atoms with van der Waals surface area (Å²) in [7, 11) is 2.96. The summed E-state index contributed by atoms with van der Waals surface area (Å²) in [5, 5.41) is 2.64. The number of ether oxygens (including phenoxy) is 1. The molecular formula is C11H17ClN2O4S. The standard InChI is InChI=1S/C11H17ClN2O4S/c1-8(2)18-5-4-13-11(15)10-6-9(7-14(10)3)19(12,16)17/h6-8H,4-5H2,1-3H3,(H,13,15). The van der Waals surface area contributed by atoms with Crippen LogP contribution in [-0.2, 0) is 20.8 Å². The molecule has 0 aliphatic rings. The fourth-order valence-corrected chi connectivity index (χ4v) is 2.23. The average Bonchev–Trinajstić information content (AvgIpc) is 2.66. The van der Waals surface area contributed by atoms with Crippen molar-refractivity contribution in [3.05, 3.63) is 18.0 Å². The Bertz CT molecular complexity index is 551. The van der Waals surface area contributed by atoms with Crippen molar-refractivity contribution in [3.63, 3.8) is 0 Å².